The summed E-state index contributed by atoms with van der Waals surface area (Å²) in [4.78, 5) is 27.7. The van der Waals surface area contributed by atoms with Gasteiger partial charge in [-0.25, -0.2) is 19.9 Å². The molecule has 0 unspecified atom stereocenters. The zero-order chi connectivity index (χ0) is 98.7. The summed E-state index contributed by atoms with van der Waals surface area (Å²) in [6, 6.07) is 150. The van der Waals surface area contributed by atoms with Crippen molar-refractivity contribution in [1.29, 1.82) is 0 Å². The molecule has 0 bridgehead atoms. The lowest BCUT2D eigenvalue weighted by atomic mass is 9.55. The SMILES string of the molecule is CC1(C)c2ccccc2-c2cc3c(ccc4c(-c5nc(-c6ccccc6)nc(-c6ccc7ccccc7c6)n5)cccc43)cc2C1(C)C.CC1(C)c2ccccc2-c2cc3c(ccc4c(CN=C(N=C(N)c5ccc6c(c5)oc5ccccc56)c5ccccc5)cccc43)cc2C1(C)C.CC1(C)c2ccccc2-c2cc3c(ccc4c(N(c5ccccc5)c5ccc6c(c5)oc5ccccc56)cccc43)cc2C1(C)C. The van der Waals surface area contributed by atoms with Crippen molar-refractivity contribution in [1.82, 2.24) is 15.0 Å². The largest absolute Gasteiger partial charge is 0.456 e. The molecule has 145 heavy (non-hydrogen) atoms. The van der Waals surface area contributed by atoms with E-state index in [4.69, 9.17) is 39.5 Å². The first kappa shape index (κ1) is 89.3. The van der Waals surface area contributed by atoms with Crippen LogP contribution in [0.3, 0.4) is 0 Å². The van der Waals surface area contributed by atoms with Gasteiger partial charge in [-0.15, -0.1) is 0 Å². The Bertz CT molecular complexity index is 9500. The van der Waals surface area contributed by atoms with E-state index in [1.807, 2.05) is 91.0 Å². The van der Waals surface area contributed by atoms with Gasteiger partial charge in [-0.3, -0.25) is 4.99 Å². The van der Waals surface area contributed by atoms with Crippen LogP contribution in [0, 0.1) is 0 Å². The number of fused-ring (bicyclic) bond motifs is 25. The van der Waals surface area contributed by atoms with Gasteiger partial charge in [-0.2, -0.15) is 0 Å². The first-order valence-corrected chi connectivity index (χ1v) is 50.5. The highest BCUT2D eigenvalue weighted by Crippen LogP contribution is 2.60. The van der Waals surface area contributed by atoms with E-state index >= 15 is 0 Å². The fraction of sp³-hybridized carbons (Fsp3) is 0.140. The number of para-hydroxylation sites is 3. The first-order valence-electron chi connectivity index (χ1n) is 50.5. The normalized spacial score (nSPS) is 15.0. The van der Waals surface area contributed by atoms with Crippen molar-refractivity contribution in [3.8, 4) is 67.5 Å². The van der Waals surface area contributed by atoms with E-state index in [0.29, 0.717) is 35.7 Å². The maximum absolute atomic E-state index is 6.69. The second-order valence-electron chi connectivity index (χ2n) is 42.7. The molecule has 2 N–H and O–H groups in total. The lowest BCUT2D eigenvalue weighted by molar-refractivity contribution is 0.299. The van der Waals surface area contributed by atoms with Crippen molar-refractivity contribution in [2.45, 2.75) is 122 Å². The minimum Gasteiger partial charge on any atom is -0.456 e. The summed E-state index contributed by atoms with van der Waals surface area (Å²) in [5.74, 6) is 2.98. The van der Waals surface area contributed by atoms with Crippen molar-refractivity contribution in [3.05, 3.63) is 469 Å². The summed E-state index contributed by atoms with van der Waals surface area (Å²) in [6.07, 6.45) is 0. The highest BCUT2D eigenvalue weighted by Gasteiger charge is 2.49. The molecule has 0 amide bonds. The van der Waals surface area contributed by atoms with E-state index in [-0.39, 0.29) is 32.5 Å². The number of aromatic nitrogens is 3. The molecule has 27 rings (SSSR count). The molecule has 3 heterocycles. The molecule has 9 heteroatoms. The second kappa shape index (κ2) is 34.1. The van der Waals surface area contributed by atoms with Gasteiger partial charge in [0, 0.05) is 72.2 Å². The number of hydrogen-bond acceptors (Lipinski definition) is 7. The molecule has 0 aliphatic heterocycles. The molecule has 3 aliphatic rings. The van der Waals surface area contributed by atoms with Crippen LogP contribution in [0.15, 0.2) is 437 Å². The molecular formula is C136H109N7O2. The van der Waals surface area contributed by atoms with Crippen LogP contribution in [0.4, 0.5) is 17.1 Å². The fourth-order valence-corrected chi connectivity index (χ4v) is 23.6. The van der Waals surface area contributed by atoms with Crippen LogP contribution in [0.25, 0.3) is 187 Å². The average molecular weight is 1870 g/mol. The minimum atomic E-state index is -0.0421. The maximum atomic E-state index is 6.69. The van der Waals surface area contributed by atoms with E-state index in [0.717, 1.165) is 105 Å². The highest BCUT2D eigenvalue weighted by atomic mass is 16.3. The topological polar surface area (TPSA) is 119 Å². The van der Waals surface area contributed by atoms with Gasteiger partial charge in [0.05, 0.1) is 12.2 Å². The van der Waals surface area contributed by atoms with Crippen molar-refractivity contribution in [2.75, 3.05) is 4.90 Å². The van der Waals surface area contributed by atoms with Crippen LogP contribution in [0.2, 0.25) is 0 Å². The number of anilines is 3. The van der Waals surface area contributed by atoms with Crippen LogP contribution in [-0.2, 0) is 39.0 Å². The number of amidine groups is 2. The summed E-state index contributed by atoms with van der Waals surface area (Å²) in [5, 5.41) is 21.5. The number of hydrogen-bond donors (Lipinski definition) is 1. The minimum absolute atomic E-state index is 0.00515. The third-order valence-corrected chi connectivity index (χ3v) is 33.6. The maximum Gasteiger partial charge on any atom is 0.164 e. The molecule has 24 aromatic rings. The Morgan fingerprint density at radius 2 is 0.648 bits per heavy atom. The summed E-state index contributed by atoms with van der Waals surface area (Å²) in [7, 11) is 0. The van der Waals surface area contributed by atoms with E-state index in [1.165, 1.54) is 131 Å². The summed E-state index contributed by atoms with van der Waals surface area (Å²) in [6.45, 7) is 29.2. The Balaban J connectivity index is 0.000000114. The van der Waals surface area contributed by atoms with E-state index in [9.17, 15) is 0 Å². The second-order valence-corrected chi connectivity index (χ2v) is 42.7. The van der Waals surface area contributed by atoms with Gasteiger partial charge in [-0.05, 0) is 272 Å². The van der Waals surface area contributed by atoms with Crippen LogP contribution < -0.4 is 10.6 Å². The number of furan rings is 2. The zero-order valence-electron chi connectivity index (χ0n) is 83.6. The third-order valence-electron chi connectivity index (χ3n) is 33.6. The Morgan fingerprint density at radius 3 is 1.21 bits per heavy atom. The number of benzene rings is 21. The van der Waals surface area contributed by atoms with Crippen molar-refractivity contribution >= 4 is 148 Å². The molecule has 0 atom stereocenters. The Morgan fingerprint density at radius 1 is 0.248 bits per heavy atom. The zero-order valence-corrected chi connectivity index (χ0v) is 83.6. The molecule has 3 aliphatic carbocycles. The van der Waals surface area contributed by atoms with Gasteiger partial charge < -0.3 is 19.5 Å². The van der Waals surface area contributed by atoms with Crippen LogP contribution in [-0.4, -0.2) is 26.6 Å². The van der Waals surface area contributed by atoms with Gasteiger partial charge in [0.2, 0.25) is 0 Å². The van der Waals surface area contributed by atoms with Gasteiger partial charge in [0.1, 0.15) is 28.2 Å². The standard InChI is InChI=1S/C47H39N3O.C45H35N3.C44H35NO/c1-46(2)40-19-10-8-16-35(40)39-27-38-30(25-41(39)47(46,3)4)21-23-33-32(15-12-18-34(33)38)28-49-45(29-13-6-5-7-14-29)50-44(48)31-22-24-37-36-17-9-11-20-42(36)51-43(37)26-31;1-44(2)39-20-11-10-17-35(39)38-27-37-31(26-40(38)45(44,3)4)23-24-34-33(37)18-12-19-36(34)43-47-41(29-14-6-5-7-15-29)46-42(48-43)32-22-21-28-13-8-9-16-30(28)25-32;1-43(2)38-18-10-8-15-32(38)37-27-36-28(25-39(37)44(43,3)4)21-23-33-31(36)17-12-19-40(33)45(29-13-6-5-7-14-29)30-22-24-35-34-16-9-11-20-41(34)46-42(35)26-30/h5-27H,28H2,1-4H3,(H2,48,49,50);5-27H,1-4H3;5-27H,1-4H3. The van der Waals surface area contributed by atoms with E-state index in [1.54, 1.807) is 0 Å². The molecule has 3 aromatic heterocycles. The van der Waals surface area contributed by atoms with Crippen LogP contribution in [0.1, 0.15) is 133 Å². The van der Waals surface area contributed by atoms with Crippen molar-refractivity contribution < 1.29 is 8.83 Å². The lowest BCUT2D eigenvalue weighted by Gasteiger charge is -2.48. The molecule has 0 saturated carbocycles. The van der Waals surface area contributed by atoms with Gasteiger partial charge >= 0.3 is 0 Å². The number of nitrogens with two attached hydrogens (primary N) is 1. The Hall–Kier alpha value is -17.0. The van der Waals surface area contributed by atoms with Gasteiger partial charge in [0.15, 0.2) is 23.3 Å². The molecule has 0 fully saturated rings. The van der Waals surface area contributed by atoms with Gasteiger partial charge in [0.25, 0.3) is 0 Å². The van der Waals surface area contributed by atoms with Crippen molar-refractivity contribution in [2.24, 2.45) is 15.7 Å². The van der Waals surface area contributed by atoms with Crippen LogP contribution in [0.5, 0.6) is 0 Å². The number of rotatable bonds is 10. The monoisotopic (exact) mass is 1870 g/mol. The number of aliphatic imine (C=N–C) groups is 2. The Labute approximate surface area is 844 Å². The molecule has 9 nitrogen and oxygen atoms in total. The number of nitrogens with zero attached hydrogens (tertiary/aromatic N) is 6. The van der Waals surface area contributed by atoms with E-state index in [2.05, 4.69) is 416 Å². The van der Waals surface area contributed by atoms with Crippen LogP contribution >= 0.6 is 0 Å². The fourth-order valence-electron chi connectivity index (χ4n) is 23.6. The first-order chi connectivity index (χ1) is 70.3. The molecule has 21 aromatic carbocycles. The highest BCUT2D eigenvalue weighted by molar-refractivity contribution is 6.18. The summed E-state index contributed by atoms with van der Waals surface area (Å²) < 4.78 is 12.5. The quantitative estimate of drug-likeness (QED) is 0.0823. The molecule has 700 valence electrons. The lowest BCUT2D eigenvalue weighted by Crippen LogP contribution is -2.43. The molecular weight excluding hydrogens is 1760 g/mol. The molecule has 0 spiro atoms. The summed E-state index contributed by atoms with van der Waals surface area (Å²) >= 11 is 0. The van der Waals surface area contributed by atoms with Gasteiger partial charge in [-0.1, -0.05) is 399 Å². The molecule has 0 radical (unpaired) electrons. The van der Waals surface area contributed by atoms with Crippen molar-refractivity contribution in [3.63, 3.8) is 0 Å². The average Bonchev–Trinajstić information content (AvgIpc) is 1.22. The van der Waals surface area contributed by atoms with E-state index < -0.39 is 0 Å². The Kier molecular flexibility index (Phi) is 21.0. The molecule has 0 saturated heterocycles. The predicted molar refractivity (Wildman–Crippen MR) is 609 cm³/mol. The third kappa shape index (κ3) is 14.6. The predicted octanol–water partition coefficient (Wildman–Crippen LogP) is 35.6. The summed E-state index contributed by atoms with van der Waals surface area (Å²) in [5.41, 5.74) is 35.6. The smallest absolute Gasteiger partial charge is 0.164 e.